The van der Waals surface area contributed by atoms with Crippen molar-refractivity contribution in [2.75, 3.05) is 13.1 Å². The highest BCUT2D eigenvalue weighted by Crippen LogP contribution is 2.21. The minimum atomic E-state index is -3.33. The van der Waals surface area contributed by atoms with Crippen molar-refractivity contribution in [3.05, 3.63) is 17.0 Å². The van der Waals surface area contributed by atoms with Crippen LogP contribution in [-0.2, 0) is 16.4 Å². The first-order valence-corrected chi connectivity index (χ1v) is 8.57. The summed E-state index contributed by atoms with van der Waals surface area (Å²) in [6.07, 6.45) is 1.99. The molecule has 1 aromatic heterocycles. The Balaban J connectivity index is 2.57. The Morgan fingerprint density at radius 1 is 1.28 bits per heavy atom. The summed E-state index contributed by atoms with van der Waals surface area (Å²) in [6, 6.07) is 3.50. The molecule has 0 aliphatic rings. The van der Waals surface area contributed by atoms with E-state index in [9.17, 15) is 8.42 Å². The fourth-order valence-corrected chi connectivity index (χ4v) is 4.14. The number of sulfonamides is 1. The van der Waals surface area contributed by atoms with Gasteiger partial charge in [0.05, 0.1) is 0 Å². The first kappa shape index (κ1) is 15.6. The van der Waals surface area contributed by atoms with E-state index in [1.165, 1.54) is 11.3 Å². The Bertz CT molecular complexity index is 452. The highest BCUT2D eigenvalue weighted by molar-refractivity contribution is 7.91. The lowest BCUT2D eigenvalue weighted by Gasteiger charge is -2.07. The minimum Gasteiger partial charge on any atom is -0.316 e. The van der Waals surface area contributed by atoms with Crippen LogP contribution in [0.25, 0.3) is 0 Å². The fourth-order valence-electron chi connectivity index (χ4n) is 1.52. The van der Waals surface area contributed by atoms with E-state index in [1.807, 2.05) is 19.9 Å². The van der Waals surface area contributed by atoms with Crippen molar-refractivity contribution in [2.24, 2.45) is 0 Å². The number of rotatable bonds is 8. The Morgan fingerprint density at radius 3 is 2.61 bits per heavy atom. The van der Waals surface area contributed by atoms with Crippen molar-refractivity contribution in [3.8, 4) is 0 Å². The van der Waals surface area contributed by atoms with Crippen LogP contribution in [0.2, 0.25) is 0 Å². The zero-order valence-electron chi connectivity index (χ0n) is 11.2. The molecule has 0 spiro atoms. The van der Waals surface area contributed by atoms with E-state index in [-0.39, 0.29) is 6.04 Å². The molecule has 4 nitrogen and oxygen atoms in total. The van der Waals surface area contributed by atoms with E-state index in [0.29, 0.717) is 4.21 Å². The van der Waals surface area contributed by atoms with E-state index >= 15 is 0 Å². The van der Waals surface area contributed by atoms with Crippen LogP contribution in [-0.4, -0.2) is 27.5 Å². The molecule has 1 heterocycles. The second kappa shape index (κ2) is 7.23. The second-order valence-electron chi connectivity index (χ2n) is 4.50. The molecule has 0 radical (unpaired) electrons. The lowest BCUT2D eigenvalue weighted by atomic mass is 10.3. The van der Waals surface area contributed by atoms with Crippen LogP contribution in [0.3, 0.4) is 0 Å². The summed E-state index contributed by atoms with van der Waals surface area (Å²) >= 11 is 1.35. The smallest absolute Gasteiger partial charge is 0.250 e. The molecular formula is C12H22N2O2S2. The van der Waals surface area contributed by atoms with Crippen molar-refractivity contribution >= 4 is 21.4 Å². The molecule has 0 saturated heterocycles. The predicted octanol–water partition coefficient (Wildman–Crippen LogP) is 1.98. The number of hydrogen-bond donors (Lipinski definition) is 2. The first-order chi connectivity index (χ1) is 8.45. The van der Waals surface area contributed by atoms with Gasteiger partial charge in [-0.2, -0.15) is 0 Å². The van der Waals surface area contributed by atoms with Gasteiger partial charge in [0.1, 0.15) is 4.21 Å². The molecule has 0 aliphatic carbocycles. The van der Waals surface area contributed by atoms with Gasteiger partial charge in [0.15, 0.2) is 0 Å². The average molecular weight is 290 g/mol. The minimum absolute atomic E-state index is 0.0771. The summed E-state index contributed by atoms with van der Waals surface area (Å²) in [4.78, 5) is 1.10. The van der Waals surface area contributed by atoms with Crippen LogP contribution >= 0.6 is 11.3 Å². The van der Waals surface area contributed by atoms with Crippen LogP contribution < -0.4 is 10.0 Å². The normalized spacial score (nSPS) is 12.2. The van der Waals surface area contributed by atoms with Gasteiger partial charge in [-0.1, -0.05) is 6.92 Å². The summed E-state index contributed by atoms with van der Waals surface area (Å²) in [7, 11) is -3.33. The molecule has 0 atom stereocenters. The van der Waals surface area contributed by atoms with E-state index in [1.54, 1.807) is 6.07 Å². The summed E-state index contributed by atoms with van der Waals surface area (Å²) in [6.45, 7) is 7.67. The molecule has 18 heavy (non-hydrogen) atoms. The Labute approximate surface area is 114 Å². The number of thiophene rings is 1. The SMILES string of the molecule is CCCNCCc1ccc(S(=O)(=O)NC(C)C)s1. The molecule has 1 aromatic rings. The van der Waals surface area contributed by atoms with Gasteiger partial charge in [0.25, 0.3) is 0 Å². The van der Waals surface area contributed by atoms with E-state index in [4.69, 9.17) is 0 Å². The van der Waals surface area contributed by atoms with Gasteiger partial charge in [-0.15, -0.1) is 11.3 Å². The summed E-state index contributed by atoms with van der Waals surface area (Å²) < 4.78 is 26.8. The van der Waals surface area contributed by atoms with Crippen LogP contribution in [0.15, 0.2) is 16.3 Å². The molecule has 0 saturated carbocycles. The van der Waals surface area contributed by atoms with Gasteiger partial charge < -0.3 is 5.32 Å². The molecular weight excluding hydrogens is 268 g/mol. The van der Waals surface area contributed by atoms with E-state index in [0.717, 1.165) is 30.8 Å². The highest BCUT2D eigenvalue weighted by atomic mass is 32.2. The monoisotopic (exact) mass is 290 g/mol. The Kier molecular flexibility index (Phi) is 6.28. The first-order valence-electron chi connectivity index (χ1n) is 6.27. The van der Waals surface area contributed by atoms with Gasteiger partial charge in [0.2, 0.25) is 10.0 Å². The Hall–Kier alpha value is -0.430. The third kappa shape index (κ3) is 5.06. The quantitative estimate of drug-likeness (QED) is 0.720. The maximum atomic E-state index is 11.9. The zero-order valence-corrected chi connectivity index (χ0v) is 12.8. The second-order valence-corrected chi connectivity index (χ2v) is 7.61. The lowest BCUT2D eigenvalue weighted by molar-refractivity contribution is 0.572. The molecule has 0 amide bonds. The number of hydrogen-bond acceptors (Lipinski definition) is 4. The standard InChI is InChI=1S/C12H22N2O2S2/c1-4-8-13-9-7-11-5-6-12(17-11)18(15,16)14-10(2)3/h5-6,10,13-14H,4,7-9H2,1-3H3. The molecule has 104 valence electrons. The molecule has 0 aromatic carbocycles. The van der Waals surface area contributed by atoms with Crippen molar-refractivity contribution in [3.63, 3.8) is 0 Å². The maximum absolute atomic E-state index is 11.9. The number of nitrogens with one attached hydrogen (secondary N) is 2. The highest BCUT2D eigenvalue weighted by Gasteiger charge is 2.17. The molecule has 0 fully saturated rings. The van der Waals surface area contributed by atoms with Crippen LogP contribution in [0.1, 0.15) is 32.1 Å². The zero-order chi connectivity index (χ0) is 13.6. The van der Waals surface area contributed by atoms with Crippen LogP contribution in [0.5, 0.6) is 0 Å². The third-order valence-corrected chi connectivity index (χ3v) is 5.56. The molecule has 0 unspecified atom stereocenters. The third-order valence-electron chi connectivity index (χ3n) is 2.27. The predicted molar refractivity (Wildman–Crippen MR) is 76.6 cm³/mol. The van der Waals surface area contributed by atoms with E-state index < -0.39 is 10.0 Å². The topological polar surface area (TPSA) is 58.2 Å². The molecule has 0 aliphatic heterocycles. The van der Waals surface area contributed by atoms with Gasteiger partial charge >= 0.3 is 0 Å². The molecule has 2 N–H and O–H groups in total. The van der Waals surface area contributed by atoms with Gasteiger partial charge in [-0.25, -0.2) is 13.1 Å². The maximum Gasteiger partial charge on any atom is 0.250 e. The van der Waals surface area contributed by atoms with Crippen molar-refractivity contribution in [1.29, 1.82) is 0 Å². The Morgan fingerprint density at radius 2 is 2.00 bits per heavy atom. The fraction of sp³-hybridized carbons (Fsp3) is 0.667. The van der Waals surface area contributed by atoms with Crippen LogP contribution in [0.4, 0.5) is 0 Å². The van der Waals surface area contributed by atoms with Crippen LogP contribution in [0, 0.1) is 0 Å². The van der Waals surface area contributed by atoms with Crippen molar-refractivity contribution in [2.45, 2.75) is 43.9 Å². The van der Waals surface area contributed by atoms with Crippen molar-refractivity contribution < 1.29 is 8.42 Å². The summed E-state index contributed by atoms with van der Waals surface area (Å²) in [5, 5.41) is 3.31. The van der Waals surface area contributed by atoms with Gasteiger partial charge in [0, 0.05) is 10.9 Å². The largest absolute Gasteiger partial charge is 0.316 e. The van der Waals surface area contributed by atoms with Gasteiger partial charge in [-0.3, -0.25) is 0 Å². The summed E-state index contributed by atoms with van der Waals surface area (Å²) in [5.41, 5.74) is 0. The molecule has 0 bridgehead atoms. The van der Waals surface area contributed by atoms with E-state index in [2.05, 4.69) is 17.0 Å². The summed E-state index contributed by atoms with van der Waals surface area (Å²) in [5.74, 6) is 0. The lowest BCUT2D eigenvalue weighted by Crippen LogP contribution is -2.29. The average Bonchev–Trinajstić information content (AvgIpc) is 2.72. The molecule has 6 heteroatoms. The van der Waals surface area contributed by atoms with Crippen molar-refractivity contribution in [1.82, 2.24) is 10.0 Å². The molecule has 1 rings (SSSR count). The van der Waals surface area contributed by atoms with Gasteiger partial charge in [-0.05, 0) is 51.9 Å².